The minimum Gasteiger partial charge on any atom is -0.478 e. The van der Waals surface area contributed by atoms with Gasteiger partial charge in [0.05, 0.1) is 5.56 Å². The van der Waals surface area contributed by atoms with Gasteiger partial charge in [-0.2, -0.15) is 0 Å². The molecule has 4 nitrogen and oxygen atoms in total. The smallest absolute Gasteiger partial charge is 0.335 e. The van der Waals surface area contributed by atoms with Gasteiger partial charge in [0.15, 0.2) is 0 Å². The van der Waals surface area contributed by atoms with E-state index in [2.05, 4.69) is 34.5 Å². The van der Waals surface area contributed by atoms with Crippen LogP contribution in [-0.4, -0.2) is 36.8 Å². The van der Waals surface area contributed by atoms with Gasteiger partial charge in [-0.1, -0.05) is 36.4 Å². The minimum absolute atomic E-state index is 0.334. The number of nitrogens with zero attached hydrogens (tertiary/aromatic N) is 1. The molecule has 0 aromatic heterocycles. The summed E-state index contributed by atoms with van der Waals surface area (Å²) in [7, 11) is 0. The van der Waals surface area contributed by atoms with Crippen molar-refractivity contribution in [2.24, 2.45) is 0 Å². The van der Waals surface area contributed by atoms with Gasteiger partial charge >= 0.3 is 5.97 Å². The van der Waals surface area contributed by atoms with E-state index < -0.39 is 5.97 Å². The van der Waals surface area contributed by atoms with Gasteiger partial charge in [0.1, 0.15) is 0 Å². The van der Waals surface area contributed by atoms with E-state index in [0.717, 1.165) is 31.7 Å². The Kier molecular flexibility index (Phi) is 4.39. The van der Waals surface area contributed by atoms with Crippen molar-refractivity contribution in [1.82, 2.24) is 5.32 Å². The molecule has 2 aromatic carbocycles. The van der Waals surface area contributed by atoms with E-state index in [4.69, 9.17) is 0 Å². The Morgan fingerprint density at radius 2 is 2.00 bits per heavy atom. The van der Waals surface area contributed by atoms with Crippen molar-refractivity contribution in [3.63, 3.8) is 0 Å². The molecular formula is C18H20N2O2. The highest BCUT2D eigenvalue weighted by Crippen LogP contribution is 2.22. The lowest BCUT2D eigenvalue weighted by molar-refractivity contribution is 0.0697. The van der Waals surface area contributed by atoms with Crippen molar-refractivity contribution in [3.05, 3.63) is 65.7 Å². The standard InChI is InChI=1S/C18H20N2O2/c21-18(22)15-7-4-8-16(12-15)20-10-9-19-13-17(20)11-14-5-2-1-3-6-14/h1-8,12,17,19H,9-11,13H2,(H,21,22). The first-order chi connectivity index (χ1) is 10.7. The van der Waals surface area contributed by atoms with Gasteiger partial charge in [-0.05, 0) is 30.2 Å². The normalized spacial score (nSPS) is 18.2. The van der Waals surface area contributed by atoms with Crippen LogP contribution in [0.15, 0.2) is 54.6 Å². The van der Waals surface area contributed by atoms with Crippen LogP contribution in [0.2, 0.25) is 0 Å². The molecule has 0 bridgehead atoms. The summed E-state index contributed by atoms with van der Waals surface area (Å²) in [5, 5.41) is 12.6. The van der Waals surface area contributed by atoms with Crippen molar-refractivity contribution in [2.45, 2.75) is 12.5 Å². The first-order valence-electron chi connectivity index (χ1n) is 7.58. The molecule has 1 saturated heterocycles. The highest BCUT2D eigenvalue weighted by atomic mass is 16.4. The van der Waals surface area contributed by atoms with Gasteiger partial charge in [-0.25, -0.2) is 4.79 Å². The highest BCUT2D eigenvalue weighted by Gasteiger charge is 2.23. The number of hydrogen-bond acceptors (Lipinski definition) is 3. The van der Waals surface area contributed by atoms with Gasteiger partial charge in [-0.3, -0.25) is 0 Å². The molecule has 1 fully saturated rings. The van der Waals surface area contributed by atoms with Crippen molar-refractivity contribution >= 4 is 11.7 Å². The van der Waals surface area contributed by atoms with Crippen LogP contribution < -0.4 is 10.2 Å². The van der Waals surface area contributed by atoms with Gasteiger partial charge in [0.25, 0.3) is 0 Å². The lowest BCUT2D eigenvalue weighted by Gasteiger charge is -2.38. The lowest BCUT2D eigenvalue weighted by atomic mass is 10.0. The van der Waals surface area contributed by atoms with Crippen molar-refractivity contribution in [1.29, 1.82) is 0 Å². The van der Waals surface area contributed by atoms with Gasteiger partial charge in [0, 0.05) is 31.4 Å². The van der Waals surface area contributed by atoms with E-state index in [1.165, 1.54) is 5.56 Å². The maximum atomic E-state index is 11.2. The van der Waals surface area contributed by atoms with Crippen LogP contribution >= 0.6 is 0 Å². The number of piperazine rings is 1. The summed E-state index contributed by atoms with van der Waals surface area (Å²) in [6, 6.07) is 18.0. The van der Waals surface area contributed by atoms with Crippen molar-refractivity contribution in [3.8, 4) is 0 Å². The zero-order valence-corrected chi connectivity index (χ0v) is 12.4. The fourth-order valence-corrected chi connectivity index (χ4v) is 2.99. The molecule has 1 aliphatic rings. The molecule has 0 radical (unpaired) electrons. The summed E-state index contributed by atoms with van der Waals surface area (Å²) in [6.45, 7) is 2.72. The third-order valence-corrected chi connectivity index (χ3v) is 4.09. The fourth-order valence-electron chi connectivity index (χ4n) is 2.99. The van der Waals surface area contributed by atoms with Crippen LogP contribution in [0.5, 0.6) is 0 Å². The maximum absolute atomic E-state index is 11.2. The number of nitrogens with one attached hydrogen (secondary N) is 1. The molecule has 0 aliphatic carbocycles. The van der Waals surface area contributed by atoms with Crippen LogP contribution in [0, 0.1) is 0 Å². The van der Waals surface area contributed by atoms with Gasteiger partial charge in [0.2, 0.25) is 0 Å². The molecule has 1 heterocycles. The first-order valence-corrected chi connectivity index (χ1v) is 7.58. The maximum Gasteiger partial charge on any atom is 0.335 e. The quantitative estimate of drug-likeness (QED) is 0.910. The van der Waals surface area contributed by atoms with Gasteiger partial charge in [-0.15, -0.1) is 0 Å². The molecule has 22 heavy (non-hydrogen) atoms. The number of anilines is 1. The summed E-state index contributed by atoms with van der Waals surface area (Å²) >= 11 is 0. The molecule has 4 heteroatoms. The zero-order chi connectivity index (χ0) is 15.4. The Morgan fingerprint density at radius 3 is 2.77 bits per heavy atom. The van der Waals surface area contributed by atoms with Gasteiger partial charge < -0.3 is 15.3 Å². The van der Waals surface area contributed by atoms with Crippen LogP contribution in [0.1, 0.15) is 15.9 Å². The van der Waals surface area contributed by atoms with Crippen LogP contribution in [0.25, 0.3) is 0 Å². The molecule has 1 unspecified atom stereocenters. The molecular weight excluding hydrogens is 276 g/mol. The van der Waals surface area contributed by atoms with Crippen molar-refractivity contribution < 1.29 is 9.90 Å². The Labute approximate surface area is 130 Å². The summed E-state index contributed by atoms with van der Waals surface area (Å²) in [5.41, 5.74) is 2.63. The lowest BCUT2D eigenvalue weighted by Crippen LogP contribution is -2.52. The second-order valence-corrected chi connectivity index (χ2v) is 5.60. The average molecular weight is 296 g/mol. The van der Waals surface area contributed by atoms with Crippen LogP contribution in [-0.2, 0) is 6.42 Å². The SMILES string of the molecule is O=C(O)c1cccc(N2CCNCC2Cc2ccccc2)c1. The first kappa shape index (κ1) is 14.6. The summed E-state index contributed by atoms with van der Waals surface area (Å²) in [6.07, 6.45) is 0.950. The zero-order valence-electron chi connectivity index (χ0n) is 12.4. The topological polar surface area (TPSA) is 52.6 Å². The number of carbonyl (C=O) groups is 1. The Balaban J connectivity index is 1.83. The molecule has 1 atom stereocenters. The van der Waals surface area contributed by atoms with E-state index in [-0.39, 0.29) is 0 Å². The number of benzene rings is 2. The second-order valence-electron chi connectivity index (χ2n) is 5.60. The molecule has 2 aromatic rings. The number of hydrogen-bond donors (Lipinski definition) is 2. The average Bonchev–Trinajstić information content (AvgIpc) is 2.56. The molecule has 114 valence electrons. The largest absolute Gasteiger partial charge is 0.478 e. The molecule has 0 saturated carbocycles. The third-order valence-electron chi connectivity index (χ3n) is 4.09. The number of aromatic carboxylic acids is 1. The monoisotopic (exact) mass is 296 g/mol. The number of carboxylic acids is 1. The summed E-state index contributed by atoms with van der Waals surface area (Å²) < 4.78 is 0. The van der Waals surface area contributed by atoms with E-state index >= 15 is 0 Å². The van der Waals surface area contributed by atoms with E-state index in [1.807, 2.05) is 18.2 Å². The van der Waals surface area contributed by atoms with E-state index in [0.29, 0.717) is 11.6 Å². The van der Waals surface area contributed by atoms with E-state index in [1.54, 1.807) is 12.1 Å². The predicted octanol–water partition coefficient (Wildman–Crippen LogP) is 2.41. The molecule has 3 rings (SSSR count). The summed E-state index contributed by atoms with van der Waals surface area (Å²) in [4.78, 5) is 13.5. The highest BCUT2D eigenvalue weighted by molar-refractivity contribution is 5.88. The predicted molar refractivity (Wildman–Crippen MR) is 87.6 cm³/mol. The van der Waals surface area contributed by atoms with Crippen LogP contribution in [0.4, 0.5) is 5.69 Å². The number of rotatable bonds is 4. The van der Waals surface area contributed by atoms with Crippen LogP contribution in [0.3, 0.4) is 0 Å². The molecule has 2 N–H and O–H groups in total. The molecule has 1 aliphatic heterocycles. The summed E-state index contributed by atoms with van der Waals surface area (Å²) in [5.74, 6) is -0.878. The fraction of sp³-hybridized carbons (Fsp3) is 0.278. The van der Waals surface area contributed by atoms with Crippen molar-refractivity contribution in [2.75, 3.05) is 24.5 Å². The molecule has 0 amide bonds. The molecule has 0 spiro atoms. The Morgan fingerprint density at radius 1 is 1.18 bits per heavy atom. The number of carboxylic acid groups (broad SMARTS) is 1. The Bertz CT molecular complexity index is 643. The minimum atomic E-state index is -0.878. The second kappa shape index (κ2) is 6.62. The third kappa shape index (κ3) is 3.28. The Hall–Kier alpha value is -2.33. The van der Waals surface area contributed by atoms with E-state index in [9.17, 15) is 9.90 Å².